The van der Waals surface area contributed by atoms with Crippen molar-refractivity contribution in [3.8, 4) is 0 Å². The minimum atomic E-state index is -0.113. The highest BCUT2D eigenvalue weighted by molar-refractivity contribution is 4.57. The van der Waals surface area contributed by atoms with Crippen LogP contribution in [0.4, 0.5) is 0 Å². The summed E-state index contributed by atoms with van der Waals surface area (Å²) in [5.41, 5.74) is 0. The molecule has 1 N–H and O–H groups in total. The van der Waals surface area contributed by atoms with E-state index in [1.54, 1.807) is 7.11 Å². The Morgan fingerprint density at radius 2 is 1.93 bits per heavy atom. The van der Waals surface area contributed by atoms with Gasteiger partial charge in [-0.25, -0.2) is 0 Å². The number of ether oxygens (including phenoxy) is 3. The molecule has 1 atom stereocenters. The topological polar surface area (TPSA) is 47.9 Å². The first kappa shape index (κ1) is 13.8. The lowest BCUT2D eigenvalue weighted by atomic mass is 10.1. The number of rotatable bonds is 9. The molecular weight excluding hydrogens is 184 g/mol. The zero-order chi connectivity index (χ0) is 10.8. The molecule has 0 aromatic carbocycles. The summed E-state index contributed by atoms with van der Waals surface area (Å²) in [7, 11) is 1.62. The zero-order valence-electron chi connectivity index (χ0n) is 9.36. The largest absolute Gasteiger partial charge is 0.394 e. The van der Waals surface area contributed by atoms with Gasteiger partial charge < -0.3 is 19.3 Å². The van der Waals surface area contributed by atoms with Crippen LogP contribution in [0.2, 0.25) is 0 Å². The van der Waals surface area contributed by atoms with E-state index in [1.807, 2.05) is 0 Å². The second-order valence-electron chi connectivity index (χ2n) is 3.62. The van der Waals surface area contributed by atoms with Gasteiger partial charge in [-0.3, -0.25) is 0 Å². The highest BCUT2D eigenvalue weighted by atomic mass is 16.7. The van der Waals surface area contributed by atoms with Gasteiger partial charge in [-0.2, -0.15) is 0 Å². The fourth-order valence-corrected chi connectivity index (χ4v) is 1.07. The van der Waals surface area contributed by atoms with Gasteiger partial charge in [-0.15, -0.1) is 0 Å². The van der Waals surface area contributed by atoms with E-state index in [9.17, 15) is 0 Å². The SMILES string of the molecule is COCCOCO[C@H](CO)CC(C)C. The molecule has 4 heteroatoms. The Morgan fingerprint density at radius 3 is 2.43 bits per heavy atom. The first-order valence-electron chi connectivity index (χ1n) is 4.99. The van der Waals surface area contributed by atoms with Crippen molar-refractivity contribution in [1.82, 2.24) is 0 Å². The molecule has 0 fully saturated rings. The Labute approximate surface area is 86.2 Å². The normalized spacial score (nSPS) is 13.5. The second kappa shape index (κ2) is 9.40. The van der Waals surface area contributed by atoms with Crippen molar-refractivity contribution in [2.45, 2.75) is 26.4 Å². The van der Waals surface area contributed by atoms with E-state index < -0.39 is 0 Å². The maximum absolute atomic E-state index is 8.97. The summed E-state index contributed by atoms with van der Waals surface area (Å²) in [6, 6.07) is 0. The van der Waals surface area contributed by atoms with Gasteiger partial charge in [0.15, 0.2) is 0 Å². The van der Waals surface area contributed by atoms with Crippen LogP contribution in [0, 0.1) is 5.92 Å². The first-order chi connectivity index (χ1) is 6.70. The molecule has 0 unspecified atom stereocenters. The summed E-state index contributed by atoms with van der Waals surface area (Å²) in [6.45, 7) is 5.55. The average Bonchev–Trinajstić information content (AvgIpc) is 2.15. The van der Waals surface area contributed by atoms with Crippen molar-refractivity contribution in [3.63, 3.8) is 0 Å². The smallest absolute Gasteiger partial charge is 0.147 e. The molecule has 0 rings (SSSR count). The molecule has 4 nitrogen and oxygen atoms in total. The Balaban J connectivity index is 3.33. The summed E-state index contributed by atoms with van der Waals surface area (Å²) in [5, 5.41) is 8.97. The van der Waals surface area contributed by atoms with Crippen LogP contribution in [-0.4, -0.2) is 44.9 Å². The minimum absolute atomic E-state index is 0.0474. The molecule has 0 amide bonds. The van der Waals surface area contributed by atoms with E-state index in [2.05, 4.69) is 13.8 Å². The van der Waals surface area contributed by atoms with Crippen molar-refractivity contribution in [1.29, 1.82) is 0 Å². The Morgan fingerprint density at radius 1 is 1.21 bits per heavy atom. The van der Waals surface area contributed by atoms with Gasteiger partial charge in [0.2, 0.25) is 0 Å². The molecule has 0 bridgehead atoms. The third kappa shape index (κ3) is 8.44. The standard InChI is InChI=1S/C10H22O4/c1-9(2)6-10(7-11)14-8-13-5-4-12-3/h9-11H,4-8H2,1-3H3/t10-/m0/s1. The summed E-state index contributed by atoms with van der Waals surface area (Å²) in [6.07, 6.45) is 0.738. The van der Waals surface area contributed by atoms with E-state index in [1.165, 1.54) is 0 Å². The van der Waals surface area contributed by atoms with Crippen LogP contribution in [0.15, 0.2) is 0 Å². The molecule has 0 saturated carbocycles. The molecule has 0 aromatic rings. The van der Waals surface area contributed by atoms with E-state index in [0.717, 1.165) is 6.42 Å². The van der Waals surface area contributed by atoms with Crippen LogP contribution in [0.3, 0.4) is 0 Å². The fraction of sp³-hybridized carbons (Fsp3) is 1.00. The lowest BCUT2D eigenvalue weighted by molar-refractivity contribution is -0.113. The Bertz CT molecular complexity index is 117. The summed E-state index contributed by atoms with van der Waals surface area (Å²) in [5.74, 6) is 0.520. The van der Waals surface area contributed by atoms with Gasteiger partial charge in [0.1, 0.15) is 6.79 Å². The van der Waals surface area contributed by atoms with Crippen molar-refractivity contribution < 1.29 is 19.3 Å². The predicted octanol–water partition coefficient (Wildman–Crippen LogP) is 1.03. The van der Waals surface area contributed by atoms with Gasteiger partial charge in [0.05, 0.1) is 25.9 Å². The van der Waals surface area contributed by atoms with Crippen LogP contribution in [0.1, 0.15) is 20.3 Å². The van der Waals surface area contributed by atoms with Gasteiger partial charge in [0, 0.05) is 7.11 Å². The maximum Gasteiger partial charge on any atom is 0.147 e. The van der Waals surface area contributed by atoms with Gasteiger partial charge in [-0.1, -0.05) is 13.8 Å². The van der Waals surface area contributed by atoms with Crippen LogP contribution >= 0.6 is 0 Å². The van der Waals surface area contributed by atoms with E-state index in [0.29, 0.717) is 19.1 Å². The van der Waals surface area contributed by atoms with Crippen molar-refractivity contribution in [2.24, 2.45) is 5.92 Å². The van der Waals surface area contributed by atoms with E-state index >= 15 is 0 Å². The Kier molecular flexibility index (Phi) is 9.29. The third-order valence-corrected chi connectivity index (χ3v) is 1.76. The monoisotopic (exact) mass is 206 g/mol. The van der Waals surface area contributed by atoms with Crippen LogP contribution in [-0.2, 0) is 14.2 Å². The minimum Gasteiger partial charge on any atom is -0.394 e. The van der Waals surface area contributed by atoms with Crippen LogP contribution < -0.4 is 0 Å². The average molecular weight is 206 g/mol. The quantitative estimate of drug-likeness (QED) is 0.452. The molecule has 86 valence electrons. The number of methoxy groups -OCH3 is 1. The predicted molar refractivity (Wildman–Crippen MR) is 54.1 cm³/mol. The second-order valence-corrected chi connectivity index (χ2v) is 3.62. The highest BCUT2D eigenvalue weighted by Gasteiger charge is 2.09. The summed E-state index contributed by atoms with van der Waals surface area (Å²) in [4.78, 5) is 0. The number of hydrogen-bond donors (Lipinski definition) is 1. The number of aliphatic hydroxyl groups excluding tert-OH is 1. The van der Waals surface area contributed by atoms with Crippen molar-refractivity contribution in [3.05, 3.63) is 0 Å². The first-order valence-corrected chi connectivity index (χ1v) is 4.99. The van der Waals surface area contributed by atoms with Gasteiger partial charge in [-0.05, 0) is 12.3 Å². The van der Waals surface area contributed by atoms with Crippen LogP contribution in [0.25, 0.3) is 0 Å². The zero-order valence-corrected chi connectivity index (χ0v) is 9.36. The Hall–Kier alpha value is -0.160. The molecule has 0 aliphatic rings. The number of hydrogen-bond acceptors (Lipinski definition) is 4. The molecule has 0 aliphatic heterocycles. The molecule has 0 spiro atoms. The van der Waals surface area contributed by atoms with Crippen molar-refractivity contribution >= 4 is 0 Å². The van der Waals surface area contributed by atoms with Gasteiger partial charge in [0.25, 0.3) is 0 Å². The fourth-order valence-electron chi connectivity index (χ4n) is 1.07. The van der Waals surface area contributed by atoms with Crippen LogP contribution in [0.5, 0.6) is 0 Å². The molecule has 0 heterocycles. The number of aliphatic hydroxyl groups is 1. The lowest BCUT2D eigenvalue weighted by Gasteiger charge is -2.17. The van der Waals surface area contributed by atoms with E-state index in [4.69, 9.17) is 19.3 Å². The molecule has 0 aliphatic carbocycles. The van der Waals surface area contributed by atoms with Crippen molar-refractivity contribution in [2.75, 3.05) is 33.7 Å². The molecule has 0 radical (unpaired) electrons. The third-order valence-electron chi connectivity index (χ3n) is 1.76. The summed E-state index contributed by atoms with van der Waals surface area (Å²) < 4.78 is 15.3. The molecular formula is C10H22O4. The van der Waals surface area contributed by atoms with E-state index in [-0.39, 0.29) is 19.5 Å². The maximum atomic E-state index is 8.97. The highest BCUT2D eigenvalue weighted by Crippen LogP contribution is 2.07. The molecule has 0 saturated heterocycles. The lowest BCUT2D eigenvalue weighted by Crippen LogP contribution is -2.22. The molecule has 0 aromatic heterocycles. The summed E-state index contributed by atoms with van der Waals surface area (Å²) >= 11 is 0. The molecule has 14 heavy (non-hydrogen) atoms. The van der Waals surface area contributed by atoms with Gasteiger partial charge >= 0.3 is 0 Å².